The van der Waals surface area contributed by atoms with Gasteiger partial charge in [-0.1, -0.05) is 34.1 Å². The Labute approximate surface area is 150 Å². The van der Waals surface area contributed by atoms with E-state index < -0.39 is 0 Å². The molecule has 0 bridgehead atoms. The molecule has 0 saturated heterocycles. The second-order valence-corrected chi connectivity index (χ2v) is 6.33. The molecule has 0 unspecified atom stereocenters. The second-order valence-electron chi connectivity index (χ2n) is 5.48. The summed E-state index contributed by atoms with van der Waals surface area (Å²) in [5.74, 6) is 0.860. The lowest BCUT2D eigenvalue weighted by molar-refractivity contribution is -0.670. The van der Waals surface area contributed by atoms with Gasteiger partial charge in [-0.2, -0.15) is 4.57 Å². The Hall–Kier alpha value is -2.17. The van der Waals surface area contributed by atoms with Gasteiger partial charge in [-0.15, -0.1) is 0 Å². The molecule has 24 heavy (non-hydrogen) atoms. The van der Waals surface area contributed by atoms with Crippen LogP contribution in [0.1, 0.15) is 11.3 Å². The Bertz CT molecular complexity index is 890. The topological polar surface area (TPSA) is 39.1 Å². The Morgan fingerprint density at radius 3 is 2.67 bits per heavy atom. The molecule has 1 heterocycles. The van der Waals surface area contributed by atoms with Crippen molar-refractivity contribution in [3.05, 3.63) is 70.3 Å². The Balaban J connectivity index is 2.07. The third-order valence-electron chi connectivity index (χ3n) is 3.96. The number of hydrogen-bond donors (Lipinski definition) is 1. The van der Waals surface area contributed by atoms with Crippen molar-refractivity contribution in [3.8, 4) is 5.75 Å². The van der Waals surface area contributed by atoms with Crippen LogP contribution in [0.4, 0.5) is 0 Å². The normalized spacial score (nSPS) is 11.3. The third-order valence-corrected chi connectivity index (χ3v) is 4.68. The molecule has 3 nitrogen and oxygen atoms in total. The van der Waals surface area contributed by atoms with E-state index in [4.69, 9.17) is 10.5 Å². The van der Waals surface area contributed by atoms with Crippen LogP contribution in [0.3, 0.4) is 0 Å². The van der Waals surface area contributed by atoms with Gasteiger partial charge in [0.1, 0.15) is 5.75 Å². The number of methoxy groups -OCH3 is 1. The third kappa shape index (κ3) is 3.50. The number of rotatable bonds is 5. The number of ether oxygens (including phenoxy) is 1. The minimum Gasteiger partial charge on any atom is -0.497 e. The van der Waals surface area contributed by atoms with Gasteiger partial charge in [0.15, 0.2) is 6.54 Å². The molecule has 1 aromatic heterocycles. The van der Waals surface area contributed by atoms with Crippen molar-refractivity contribution in [2.75, 3.05) is 13.7 Å². The Kier molecular flexibility index (Phi) is 5.28. The maximum atomic E-state index is 5.83. The summed E-state index contributed by atoms with van der Waals surface area (Å²) in [6.07, 6.45) is 4.24. The van der Waals surface area contributed by atoms with Gasteiger partial charge >= 0.3 is 0 Å². The van der Waals surface area contributed by atoms with Gasteiger partial charge in [0.2, 0.25) is 11.2 Å². The smallest absolute Gasteiger partial charge is 0.213 e. The van der Waals surface area contributed by atoms with Crippen LogP contribution < -0.4 is 15.0 Å². The highest BCUT2D eigenvalue weighted by molar-refractivity contribution is 9.10. The molecule has 0 fully saturated rings. The van der Waals surface area contributed by atoms with Crippen molar-refractivity contribution in [1.29, 1.82) is 0 Å². The van der Waals surface area contributed by atoms with Crippen LogP contribution in [-0.4, -0.2) is 13.7 Å². The van der Waals surface area contributed by atoms with Gasteiger partial charge in [0.25, 0.3) is 0 Å². The van der Waals surface area contributed by atoms with Crippen LogP contribution in [-0.2, 0) is 6.54 Å². The van der Waals surface area contributed by atoms with Gasteiger partial charge in [0, 0.05) is 22.7 Å². The zero-order valence-electron chi connectivity index (χ0n) is 13.6. The monoisotopic (exact) mass is 383 g/mol. The standard InChI is InChI=1S/C20H20BrN2O/c1-24-18-10-11-20-16(14-18)7-9-17(23(20)13-12-22)8-6-15-4-2-3-5-19(15)21/h2-11,14H,12-13,22H2,1H3/q+1/b8-6+. The van der Waals surface area contributed by atoms with Crippen molar-refractivity contribution in [2.24, 2.45) is 5.73 Å². The fourth-order valence-corrected chi connectivity index (χ4v) is 3.17. The van der Waals surface area contributed by atoms with Crippen LogP contribution in [0.5, 0.6) is 5.75 Å². The van der Waals surface area contributed by atoms with E-state index >= 15 is 0 Å². The average Bonchev–Trinajstić information content (AvgIpc) is 2.62. The Morgan fingerprint density at radius 2 is 1.92 bits per heavy atom. The first kappa shape index (κ1) is 16.7. The molecule has 3 rings (SSSR count). The quantitative estimate of drug-likeness (QED) is 0.675. The molecule has 3 aromatic rings. The fraction of sp³-hybridized carbons (Fsp3) is 0.150. The number of benzene rings is 2. The molecule has 4 heteroatoms. The average molecular weight is 384 g/mol. The van der Waals surface area contributed by atoms with Crippen LogP contribution in [0.2, 0.25) is 0 Å². The number of nitrogens with zero attached hydrogens (tertiary/aromatic N) is 1. The molecule has 2 N–H and O–H groups in total. The second kappa shape index (κ2) is 7.60. The van der Waals surface area contributed by atoms with E-state index in [9.17, 15) is 0 Å². The van der Waals surface area contributed by atoms with Gasteiger partial charge < -0.3 is 10.5 Å². The van der Waals surface area contributed by atoms with E-state index in [1.54, 1.807) is 7.11 Å². The molecule has 0 spiro atoms. The van der Waals surface area contributed by atoms with Gasteiger partial charge in [-0.3, -0.25) is 0 Å². The van der Waals surface area contributed by atoms with E-state index in [0.29, 0.717) is 6.54 Å². The van der Waals surface area contributed by atoms with Crippen LogP contribution in [0.15, 0.2) is 59.1 Å². The number of hydrogen-bond acceptors (Lipinski definition) is 2. The molecule has 0 saturated carbocycles. The molecule has 0 aliphatic heterocycles. The zero-order valence-corrected chi connectivity index (χ0v) is 15.2. The summed E-state index contributed by atoms with van der Waals surface area (Å²) in [5.41, 5.74) is 9.24. The number of fused-ring (bicyclic) bond motifs is 1. The Morgan fingerprint density at radius 1 is 1.08 bits per heavy atom. The van der Waals surface area contributed by atoms with E-state index in [0.717, 1.165) is 38.9 Å². The van der Waals surface area contributed by atoms with E-state index in [-0.39, 0.29) is 0 Å². The fourth-order valence-electron chi connectivity index (χ4n) is 2.75. The van der Waals surface area contributed by atoms with E-state index in [2.05, 4.69) is 56.9 Å². The molecule has 122 valence electrons. The minimum atomic E-state index is 0.589. The molecule has 0 amide bonds. The molecule has 0 aliphatic rings. The number of nitrogens with two attached hydrogens (primary N) is 1. The summed E-state index contributed by atoms with van der Waals surface area (Å²) in [5, 5.41) is 1.14. The lowest BCUT2D eigenvalue weighted by Gasteiger charge is -2.06. The first-order valence-electron chi connectivity index (χ1n) is 7.86. The highest BCUT2D eigenvalue weighted by atomic mass is 79.9. The highest BCUT2D eigenvalue weighted by Crippen LogP contribution is 2.21. The molecule has 0 radical (unpaired) electrons. The van der Waals surface area contributed by atoms with Crippen molar-refractivity contribution in [2.45, 2.75) is 6.54 Å². The predicted molar refractivity (Wildman–Crippen MR) is 103 cm³/mol. The number of halogens is 1. The lowest BCUT2D eigenvalue weighted by Crippen LogP contribution is -2.41. The first-order chi connectivity index (χ1) is 11.7. The molecular weight excluding hydrogens is 364 g/mol. The number of pyridine rings is 1. The lowest BCUT2D eigenvalue weighted by atomic mass is 10.1. The van der Waals surface area contributed by atoms with Gasteiger partial charge in [0.05, 0.1) is 19.0 Å². The highest BCUT2D eigenvalue weighted by Gasteiger charge is 2.13. The van der Waals surface area contributed by atoms with Crippen molar-refractivity contribution < 1.29 is 9.30 Å². The van der Waals surface area contributed by atoms with Crippen molar-refractivity contribution in [3.63, 3.8) is 0 Å². The molecule has 0 aliphatic carbocycles. The van der Waals surface area contributed by atoms with Gasteiger partial charge in [-0.05, 0) is 35.9 Å². The van der Waals surface area contributed by atoms with Crippen molar-refractivity contribution in [1.82, 2.24) is 0 Å². The van der Waals surface area contributed by atoms with E-state index in [1.807, 2.05) is 30.3 Å². The maximum absolute atomic E-state index is 5.83. The first-order valence-corrected chi connectivity index (χ1v) is 8.65. The predicted octanol–water partition coefficient (Wildman–Crippen LogP) is 4.03. The molecule has 2 aromatic carbocycles. The summed E-state index contributed by atoms with van der Waals surface area (Å²) < 4.78 is 8.64. The summed E-state index contributed by atoms with van der Waals surface area (Å²) in [6.45, 7) is 1.35. The van der Waals surface area contributed by atoms with E-state index in [1.165, 1.54) is 0 Å². The maximum Gasteiger partial charge on any atom is 0.213 e. The SMILES string of the molecule is COc1ccc2c(ccc(/C=C/c3ccccc3Br)[n+]2CCN)c1. The molecular formula is C20H20BrN2O+. The summed E-state index contributed by atoms with van der Waals surface area (Å²) in [7, 11) is 1.68. The summed E-state index contributed by atoms with van der Waals surface area (Å²) in [4.78, 5) is 0. The largest absolute Gasteiger partial charge is 0.497 e. The number of aromatic nitrogens is 1. The summed E-state index contributed by atoms with van der Waals surface area (Å²) in [6, 6.07) is 18.5. The molecule has 0 atom stereocenters. The van der Waals surface area contributed by atoms with Crippen molar-refractivity contribution >= 4 is 39.0 Å². The van der Waals surface area contributed by atoms with Gasteiger partial charge in [-0.25, -0.2) is 0 Å². The minimum absolute atomic E-state index is 0.589. The zero-order chi connectivity index (χ0) is 16.9. The van der Waals surface area contributed by atoms with Crippen LogP contribution in [0, 0.1) is 0 Å². The summed E-state index contributed by atoms with van der Waals surface area (Å²) >= 11 is 3.58. The van der Waals surface area contributed by atoms with Crippen LogP contribution >= 0.6 is 15.9 Å². The van der Waals surface area contributed by atoms with Crippen LogP contribution in [0.25, 0.3) is 23.1 Å².